The molecule has 2 fully saturated rings. The summed E-state index contributed by atoms with van der Waals surface area (Å²) in [5.74, 6) is -1.49. The maximum absolute atomic E-state index is 12.8. The molecule has 1 N–H and O–H groups in total. The third-order valence-corrected chi connectivity index (χ3v) is 5.62. The van der Waals surface area contributed by atoms with Crippen molar-refractivity contribution in [3.8, 4) is 0 Å². The molecule has 2 saturated heterocycles. The molecule has 0 aromatic heterocycles. The minimum absolute atomic E-state index is 0.0402. The first-order chi connectivity index (χ1) is 10.6. The minimum Gasteiger partial charge on any atom is -0.334 e. The van der Waals surface area contributed by atoms with E-state index >= 15 is 0 Å². The van der Waals surface area contributed by atoms with E-state index in [-0.39, 0.29) is 25.6 Å². The van der Waals surface area contributed by atoms with E-state index in [9.17, 15) is 26.4 Å². The van der Waals surface area contributed by atoms with E-state index in [0.717, 1.165) is 6.26 Å². The number of carbonyl (C=O) groups excluding carboxylic acids is 1. The van der Waals surface area contributed by atoms with Gasteiger partial charge in [-0.2, -0.15) is 13.2 Å². The monoisotopic (exact) mass is 357 g/mol. The van der Waals surface area contributed by atoms with Crippen molar-refractivity contribution in [3.63, 3.8) is 0 Å². The molecular weight excluding hydrogens is 335 g/mol. The highest BCUT2D eigenvalue weighted by Crippen LogP contribution is 2.33. The summed E-state index contributed by atoms with van der Waals surface area (Å²) in [4.78, 5) is 13.4. The molecule has 0 bridgehead atoms. The molecule has 0 spiro atoms. The number of piperidine rings is 2. The smallest absolute Gasteiger partial charge is 0.334 e. The summed E-state index contributed by atoms with van der Waals surface area (Å²) in [6, 6.07) is -0.906. The zero-order valence-corrected chi connectivity index (χ0v) is 13.8. The van der Waals surface area contributed by atoms with E-state index in [1.165, 1.54) is 9.21 Å². The van der Waals surface area contributed by atoms with Crippen LogP contribution in [0.15, 0.2) is 0 Å². The molecule has 2 atom stereocenters. The van der Waals surface area contributed by atoms with Gasteiger partial charge < -0.3 is 10.2 Å². The number of sulfonamides is 1. The number of alkyl halides is 3. The van der Waals surface area contributed by atoms with Gasteiger partial charge in [-0.05, 0) is 25.7 Å². The predicted molar refractivity (Wildman–Crippen MR) is 78.3 cm³/mol. The van der Waals surface area contributed by atoms with Crippen LogP contribution in [0.25, 0.3) is 0 Å². The number of amides is 2. The molecule has 134 valence electrons. The van der Waals surface area contributed by atoms with Gasteiger partial charge in [0.15, 0.2) is 0 Å². The van der Waals surface area contributed by atoms with Gasteiger partial charge in [0.2, 0.25) is 10.0 Å². The van der Waals surface area contributed by atoms with Crippen LogP contribution < -0.4 is 5.32 Å². The maximum Gasteiger partial charge on any atom is 0.393 e. The Hall–Kier alpha value is -1.03. The first kappa shape index (κ1) is 18.3. The molecule has 2 aliphatic heterocycles. The van der Waals surface area contributed by atoms with Crippen molar-refractivity contribution in [3.05, 3.63) is 0 Å². The second kappa shape index (κ2) is 6.84. The van der Waals surface area contributed by atoms with Crippen LogP contribution in [0.1, 0.15) is 25.7 Å². The molecule has 0 aromatic carbocycles. The van der Waals surface area contributed by atoms with Gasteiger partial charge >= 0.3 is 12.2 Å². The molecule has 6 nitrogen and oxygen atoms in total. The van der Waals surface area contributed by atoms with Gasteiger partial charge in [-0.3, -0.25) is 0 Å². The summed E-state index contributed by atoms with van der Waals surface area (Å²) >= 11 is 0. The molecule has 2 amide bonds. The largest absolute Gasteiger partial charge is 0.393 e. The van der Waals surface area contributed by atoms with Crippen molar-refractivity contribution in [1.82, 2.24) is 14.5 Å². The number of rotatable bonds is 2. The SMILES string of the molecule is CS(=O)(=O)N1CCCC(NC(=O)N2CCCC(C(F)(F)F)C2)C1. The first-order valence-corrected chi connectivity index (χ1v) is 9.49. The molecule has 2 unspecified atom stereocenters. The van der Waals surface area contributed by atoms with Gasteiger partial charge in [0.25, 0.3) is 0 Å². The Kier molecular flexibility index (Phi) is 5.44. The second-order valence-electron chi connectivity index (χ2n) is 6.24. The number of halogens is 3. The number of nitrogens with zero attached hydrogens (tertiary/aromatic N) is 2. The Morgan fingerprint density at radius 2 is 1.78 bits per heavy atom. The number of urea groups is 1. The van der Waals surface area contributed by atoms with E-state index in [4.69, 9.17) is 0 Å². The number of carbonyl (C=O) groups is 1. The van der Waals surface area contributed by atoms with Crippen LogP contribution >= 0.6 is 0 Å². The lowest BCUT2D eigenvalue weighted by Crippen LogP contribution is -2.54. The number of hydrogen-bond acceptors (Lipinski definition) is 3. The van der Waals surface area contributed by atoms with Crippen molar-refractivity contribution in [2.75, 3.05) is 32.4 Å². The van der Waals surface area contributed by atoms with Gasteiger partial charge in [-0.25, -0.2) is 17.5 Å². The standard InChI is InChI=1S/C13H22F3N3O3S/c1-23(21,22)19-7-3-5-11(9-19)17-12(20)18-6-2-4-10(8-18)13(14,15)16/h10-11H,2-9H2,1H3,(H,17,20). The lowest BCUT2D eigenvalue weighted by molar-refractivity contribution is -0.184. The summed E-state index contributed by atoms with van der Waals surface area (Å²) < 4.78 is 62.8. The van der Waals surface area contributed by atoms with Crippen LogP contribution in [-0.2, 0) is 10.0 Å². The highest BCUT2D eigenvalue weighted by Gasteiger charge is 2.43. The fourth-order valence-electron chi connectivity index (χ4n) is 3.06. The fourth-order valence-corrected chi connectivity index (χ4v) is 3.97. The van der Waals surface area contributed by atoms with Gasteiger partial charge in [0.1, 0.15) is 0 Å². The first-order valence-electron chi connectivity index (χ1n) is 7.64. The van der Waals surface area contributed by atoms with Crippen molar-refractivity contribution < 1.29 is 26.4 Å². The molecule has 2 heterocycles. The lowest BCUT2D eigenvalue weighted by atomic mass is 9.98. The van der Waals surface area contributed by atoms with Crippen LogP contribution in [0.2, 0.25) is 0 Å². The third kappa shape index (κ3) is 4.97. The van der Waals surface area contributed by atoms with Gasteiger partial charge in [0.05, 0.1) is 12.2 Å². The average Bonchev–Trinajstić information content (AvgIpc) is 2.46. The molecular formula is C13H22F3N3O3S. The number of likely N-dealkylation sites (tertiary alicyclic amines) is 1. The molecule has 0 saturated carbocycles. The Balaban J connectivity index is 1.91. The van der Waals surface area contributed by atoms with E-state index in [1.807, 2.05) is 0 Å². The molecule has 0 radical (unpaired) electrons. The van der Waals surface area contributed by atoms with Crippen molar-refractivity contribution in [2.45, 2.75) is 37.9 Å². The zero-order valence-electron chi connectivity index (χ0n) is 13.0. The zero-order chi connectivity index (χ0) is 17.3. The predicted octanol–water partition coefficient (Wildman–Crippen LogP) is 1.39. The highest BCUT2D eigenvalue weighted by molar-refractivity contribution is 7.88. The molecule has 2 aliphatic rings. The molecule has 10 heteroatoms. The third-order valence-electron chi connectivity index (χ3n) is 4.35. The number of hydrogen-bond donors (Lipinski definition) is 1. The Bertz CT molecular complexity index is 538. The minimum atomic E-state index is -4.29. The molecule has 0 aromatic rings. The molecule has 0 aliphatic carbocycles. The van der Waals surface area contributed by atoms with E-state index in [1.54, 1.807) is 0 Å². The highest BCUT2D eigenvalue weighted by atomic mass is 32.2. The van der Waals surface area contributed by atoms with Gasteiger partial charge in [-0.15, -0.1) is 0 Å². The number of nitrogens with one attached hydrogen (secondary N) is 1. The van der Waals surface area contributed by atoms with Crippen LogP contribution in [0.3, 0.4) is 0 Å². The molecule has 23 heavy (non-hydrogen) atoms. The summed E-state index contributed by atoms with van der Waals surface area (Å²) in [5.41, 5.74) is 0. The normalized spacial score (nSPS) is 27.7. The Labute approximate surface area is 134 Å². The fraction of sp³-hybridized carbons (Fsp3) is 0.923. The van der Waals surface area contributed by atoms with Crippen molar-refractivity contribution in [2.24, 2.45) is 5.92 Å². The van der Waals surface area contributed by atoms with Gasteiger partial charge in [0, 0.05) is 32.2 Å². The van der Waals surface area contributed by atoms with E-state index < -0.39 is 28.1 Å². The van der Waals surface area contributed by atoms with Crippen LogP contribution in [0, 0.1) is 5.92 Å². The Morgan fingerprint density at radius 3 is 2.39 bits per heavy atom. The lowest BCUT2D eigenvalue weighted by Gasteiger charge is -2.36. The second-order valence-corrected chi connectivity index (χ2v) is 8.22. The summed E-state index contributed by atoms with van der Waals surface area (Å²) in [6.45, 7) is 0.533. The molecule has 2 rings (SSSR count). The Morgan fingerprint density at radius 1 is 1.13 bits per heavy atom. The summed E-state index contributed by atoms with van der Waals surface area (Å²) in [7, 11) is -3.33. The van der Waals surface area contributed by atoms with E-state index in [0.29, 0.717) is 32.4 Å². The average molecular weight is 357 g/mol. The summed E-state index contributed by atoms with van der Waals surface area (Å²) in [5, 5.41) is 2.68. The van der Waals surface area contributed by atoms with Crippen LogP contribution in [0.4, 0.5) is 18.0 Å². The van der Waals surface area contributed by atoms with Crippen molar-refractivity contribution in [1.29, 1.82) is 0 Å². The quantitative estimate of drug-likeness (QED) is 0.812. The van der Waals surface area contributed by atoms with Crippen molar-refractivity contribution >= 4 is 16.1 Å². The topological polar surface area (TPSA) is 69.7 Å². The van der Waals surface area contributed by atoms with Gasteiger partial charge in [-0.1, -0.05) is 0 Å². The van der Waals surface area contributed by atoms with E-state index in [2.05, 4.69) is 5.32 Å². The maximum atomic E-state index is 12.8. The summed E-state index contributed by atoms with van der Waals surface area (Å²) in [6.07, 6.45) is -1.60. The van der Waals surface area contributed by atoms with Crippen LogP contribution in [-0.4, -0.2) is 68.3 Å². The van der Waals surface area contributed by atoms with Crippen LogP contribution in [0.5, 0.6) is 0 Å².